The summed E-state index contributed by atoms with van der Waals surface area (Å²) >= 11 is 0. The van der Waals surface area contributed by atoms with E-state index >= 15 is 0 Å². The van der Waals surface area contributed by atoms with Crippen molar-refractivity contribution in [3.05, 3.63) is 65.2 Å². The van der Waals surface area contributed by atoms with E-state index in [0.717, 1.165) is 24.8 Å². The minimum atomic E-state index is -0.522. The Balaban J connectivity index is 1.80. The molecule has 0 spiro atoms. The van der Waals surface area contributed by atoms with Crippen LogP contribution in [0.3, 0.4) is 0 Å². The summed E-state index contributed by atoms with van der Waals surface area (Å²) in [6, 6.07) is 16.3. The number of ether oxygens (including phenoxy) is 1. The molecule has 134 valence electrons. The molecule has 1 amide bonds. The van der Waals surface area contributed by atoms with Crippen molar-refractivity contribution in [3.63, 3.8) is 0 Å². The highest BCUT2D eigenvalue weighted by Crippen LogP contribution is 2.11. The number of rotatable bonds is 8. The maximum Gasteiger partial charge on any atom is 0.338 e. The summed E-state index contributed by atoms with van der Waals surface area (Å²) in [6.45, 7) is 1.79. The van der Waals surface area contributed by atoms with Gasteiger partial charge in [0.05, 0.1) is 18.1 Å². The number of benzene rings is 2. The van der Waals surface area contributed by atoms with Gasteiger partial charge in [0.2, 0.25) is 0 Å². The second kappa shape index (κ2) is 10.00. The van der Waals surface area contributed by atoms with E-state index in [2.05, 4.69) is 18.3 Å². The molecule has 1 N–H and O–H groups in total. The van der Waals surface area contributed by atoms with Crippen molar-refractivity contribution in [2.24, 2.45) is 0 Å². The Morgan fingerprint density at radius 3 is 2.31 bits per heavy atom. The Kier molecular flexibility index (Phi) is 7.38. The summed E-state index contributed by atoms with van der Waals surface area (Å²) in [5.74, 6) is -0.933. The second-order valence-corrected chi connectivity index (χ2v) is 5.96. The highest BCUT2D eigenvalue weighted by Gasteiger charge is 2.10. The maximum absolute atomic E-state index is 12.0. The van der Waals surface area contributed by atoms with Gasteiger partial charge in [-0.1, -0.05) is 37.6 Å². The van der Waals surface area contributed by atoms with Gasteiger partial charge in [0.15, 0.2) is 6.61 Å². The molecule has 2 aromatic rings. The predicted octanol–water partition coefficient (Wildman–Crippen LogP) is 3.89. The van der Waals surface area contributed by atoms with Crippen LogP contribution in [0.4, 0.5) is 5.69 Å². The van der Waals surface area contributed by atoms with Gasteiger partial charge in [-0.2, -0.15) is 5.26 Å². The van der Waals surface area contributed by atoms with E-state index in [1.165, 1.54) is 5.56 Å². The fourth-order valence-corrected chi connectivity index (χ4v) is 2.40. The van der Waals surface area contributed by atoms with E-state index < -0.39 is 11.9 Å². The number of nitrogens with zero attached hydrogens (tertiary/aromatic N) is 1. The summed E-state index contributed by atoms with van der Waals surface area (Å²) < 4.78 is 5.05. The summed E-state index contributed by atoms with van der Waals surface area (Å²) in [6.07, 6.45) is 3.55. The third-order valence-electron chi connectivity index (χ3n) is 3.86. The van der Waals surface area contributed by atoms with E-state index in [9.17, 15) is 9.59 Å². The van der Waals surface area contributed by atoms with Crippen LogP contribution in [0.25, 0.3) is 0 Å². The molecular weight excluding hydrogens is 328 g/mol. The predicted molar refractivity (Wildman–Crippen MR) is 99.7 cm³/mol. The molecular formula is C21H22N2O3. The van der Waals surface area contributed by atoms with Crippen molar-refractivity contribution >= 4 is 17.6 Å². The lowest BCUT2D eigenvalue weighted by Crippen LogP contribution is -2.20. The van der Waals surface area contributed by atoms with Crippen molar-refractivity contribution in [1.82, 2.24) is 0 Å². The smallest absolute Gasteiger partial charge is 0.338 e. The zero-order valence-corrected chi connectivity index (χ0v) is 14.8. The first kappa shape index (κ1) is 19.2. The van der Waals surface area contributed by atoms with Crippen LogP contribution in [0.1, 0.15) is 41.3 Å². The highest BCUT2D eigenvalue weighted by molar-refractivity contribution is 5.95. The molecule has 2 rings (SSSR count). The van der Waals surface area contributed by atoms with Gasteiger partial charge in [0.25, 0.3) is 5.91 Å². The van der Waals surface area contributed by atoms with Crippen molar-refractivity contribution in [3.8, 4) is 6.07 Å². The first-order valence-corrected chi connectivity index (χ1v) is 8.64. The summed E-state index contributed by atoms with van der Waals surface area (Å²) in [4.78, 5) is 23.9. The van der Waals surface area contributed by atoms with Gasteiger partial charge >= 0.3 is 5.97 Å². The Morgan fingerprint density at radius 2 is 1.69 bits per heavy atom. The van der Waals surface area contributed by atoms with E-state index in [1.54, 1.807) is 36.4 Å². The molecule has 2 aromatic carbocycles. The third-order valence-corrected chi connectivity index (χ3v) is 3.86. The fourth-order valence-electron chi connectivity index (χ4n) is 2.40. The van der Waals surface area contributed by atoms with Crippen LogP contribution in [0.15, 0.2) is 48.5 Å². The van der Waals surface area contributed by atoms with E-state index in [4.69, 9.17) is 10.00 Å². The molecule has 0 aliphatic carbocycles. The summed E-state index contributed by atoms with van der Waals surface area (Å²) in [5.41, 5.74) is 3.08. The third kappa shape index (κ3) is 6.06. The average molecular weight is 350 g/mol. The number of aryl methyl sites for hydroxylation is 1. The van der Waals surface area contributed by atoms with Crippen molar-refractivity contribution < 1.29 is 14.3 Å². The quantitative estimate of drug-likeness (QED) is 0.733. The Bertz CT molecular complexity index is 774. The molecule has 0 bridgehead atoms. The van der Waals surface area contributed by atoms with E-state index in [0.29, 0.717) is 17.7 Å². The zero-order chi connectivity index (χ0) is 18.8. The zero-order valence-electron chi connectivity index (χ0n) is 14.8. The number of hydrogen-bond acceptors (Lipinski definition) is 4. The van der Waals surface area contributed by atoms with Crippen LogP contribution in [-0.4, -0.2) is 18.5 Å². The number of carbonyl (C=O) groups excluding carboxylic acids is 2. The molecule has 0 aromatic heterocycles. The molecule has 5 heteroatoms. The molecule has 26 heavy (non-hydrogen) atoms. The molecule has 0 fully saturated rings. The van der Waals surface area contributed by atoms with Crippen molar-refractivity contribution in [2.75, 3.05) is 11.9 Å². The second-order valence-electron chi connectivity index (χ2n) is 5.96. The molecule has 0 atom stereocenters. The first-order valence-electron chi connectivity index (χ1n) is 8.64. The molecule has 5 nitrogen and oxygen atoms in total. The molecule has 0 saturated heterocycles. The lowest BCUT2D eigenvalue weighted by Gasteiger charge is -2.07. The minimum absolute atomic E-state index is 0.322. The molecule has 0 saturated carbocycles. The molecule has 0 radical (unpaired) electrons. The molecule has 0 aliphatic heterocycles. The van der Waals surface area contributed by atoms with Crippen molar-refractivity contribution in [2.45, 2.75) is 32.6 Å². The van der Waals surface area contributed by atoms with Gasteiger partial charge in [-0.3, -0.25) is 4.79 Å². The van der Waals surface area contributed by atoms with Crippen LogP contribution in [0.2, 0.25) is 0 Å². The highest BCUT2D eigenvalue weighted by atomic mass is 16.5. The number of carbonyl (C=O) groups is 2. The topological polar surface area (TPSA) is 79.2 Å². The lowest BCUT2D eigenvalue weighted by molar-refractivity contribution is -0.119. The van der Waals surface area contributed by atoms with Gasteiger partial charge < -0.3 is 10.1 Å². The normalized spacial score (nSPS) is 10.0. The van der Waals surface area contributed by atoms with Crippen LogP contribution in [0, 0.1) is 11.3 Å². The Morgan fingerprint density at radius 1 is 1.04 bits per heavy atom. The largest absolute Gasteiger partial charge is 0.452 e. The van der Waals surface area contributed by atoms with E-state index in [1.807, 2.05) is 12.1 Å². The maximum atomic E-state index is 12.0. The number of esters is 1. The SMILES string of the molecule is CCCCc1ccc(C(=O)OCC(=O)Nc2ccc(CC#N)cc2)cc1. The van der Waals surface area contributed by atoms with Crippen molar-refractivity contribution in [1.29, 1.82) is 5.26 Å². The number of nitrogens with one attached hydrogen (secondary N) is 1. The number of amides is 1. The standard InChI is InChI=1S/C21H22N2O3/c1-2-3-4-16-5-9-18(10-6-16)21(25)26-15-20(24)23-19-11-7-17(8-12-19)13-14-22/h5-12H,2-4,13,15H2,1H3,(H,23,24). The van der Waals surface area contributed by atoms with Crippen LogP contribution < -0.4 is 5.32 Å². The number of anilines is 1. The van der Waals surface area contributed by atoms with E-state index in [-0.39, 0.29) is 6.61 Å². The number of unbranched alkanes of at least 4 members (excludes halogenated alkanes) is 1. The van der Waals surface area contributed by atoms with Crippen LogP contribution in [0.5, 0.6) is 0 Å². The van der Waals surface area contributed by atoms with Crippen LogP contribution in [-0.2, 0) is 22.4 Å². The lowest BCUT2D eigenvalue weighted by atomic mass is 10.1. The first-order chi connectivity index (χ1) is 12.6. The summed E-state index contributed by atoms with van der Waals surface area (Å²) in [7, 11) is 0. The Hall–Kier alpha value is -3.13. The van der Waals surface area contributed by atoms with Gasteiger partial charge in [-0.25, -0.2) is 4.79 Å². The minimum Gasteiger partial charge on any atom is -0.452 e. The van der Waals surface area contributed by atoms with Gasteiger partial charge in [-0.05, 0) is 48.2 Å². The summed E-state index contributed by atoms with van der Waals surface area (Å²) in [5, 5.41) is 11.3. The molecule has 0 unspecified atom stereocenters. The number of nitriles is 1. The number of hydrogen-bond donors (Lipinski definition) is 1. The van der Waals surface area contributed by atoms with Gasteiger partial charge in [0, 0.05) is 5.69 Å². The molecule has 0 heterocycles. The Labute approximate surface area is 153 Å². The monoisotopic (exact) mass is 350 g/mol. The van der Waals surface area contributed by atoms with Gasteiger partial charge in [0.1, 0.15) is 0 Å². The fraction of sp³-hybridized carbons (Fsp3) is 0.286. The average Bonchev–Trinajstić information content (AvgIpc) is 2.66. The van der Waals surface area contributed by atoms with Crippen LogP contribution >= 0.6 is 0 Å². The van der Waals surface area contributed by atoms with Gasteiger partial charge in [-0.15, -0.1) is 0 Å². The molecule has 0 aliphatic rings.